The van der Waals surface area contributed by atoms with Gasteiger partial charge in [0.05, 0.1) is 0 Å². The minimum absolute atomic E-state index is 0.545. The van der Waals surface area contributed by atoms with Crippen LogP contribution in [-0.4, -0.2) is 13.2 Å². The Morgan fingerprint density at radius 3 is 2.57 bits per heavy atom. The summed E-state index contributed by atoms with van der Waals surface area (Å²) < 4.78 is 10.8. The highest BCUT2D eigenvalue weighted by Gasteiger charge is 2.14. The molecule has 2 heteroatoms. The van der Waals surface area contributed by atoms with Gasteiger partial charge >= 0.3 is 0 Å². The average Bonchev–Trinajstić information content (AvgIpc) is 2.29. The van der Waals surface area contributed by atoms with Crippen LogP contribution in [0.1, 0.15) is 12.8 Å². The quantitative estimate of drug-likeness (QED) is 0.731. The van der Waals surface area contributed by atoms with Gasteiger partial charge in [-0.1, -0.05) is 18.2 Å². The summed E-state index contributed by atoms with van der Waals surface area (Å²) in [5, 5.41) is 0. The van der Waals surface area contributed by atoms with E-state index in [4.69, 9.17) is 9.47 Å². The van der Waals surface area contributed by atoms with E-state index in [0.29, 0.717) is 5.92 Å². The van der Waals surface area contributed by atoms with Gasteiger partial charge in [-0.15, -0.1) is 0 Å². The summed E-state index contributed by atoms with van der Waals surface area (Å²) in [6.07, 6.45) is 2.15. The lowest BCUT2D eigenvalue weighted by Crippen LogP contribution is -2.17. The van der Waals surface area contributed by atoms with Gasteiger partial charge < -0.3 is 9.47 Å². The molecule has 0 N–H and O–H groups in total. The van der Waals surface area contributed by atoms with Gasteiger partial charge in [0, 0.05) is 19.1 Å². The summed E-state index contributed by atoms with van der Waals surface area (Å²) in [4.78, 5) is 0. The van der Waals surface area contributed by atoms with E-state index in [0.717, 1.165) is 31.8 Å². The predicted molar refractivity (Wildman–Crippen MR) is 54.9 cm³/mol. The Morgan fingerprint density at radius 2 is 1.86 bits per heavy atom. The molecular weight excluding hydrogens is 176 g/mol. The van der Waals surface area contributed by atoms with Gasteiger partial charge in [0.2, 0.25) is 0 Å². The number of ether oxygens (including phenoxy) is 2. The zero-order valence-corrected chi connectivity index (χ0v) is 8.19. The van der Waals surface area contributed by atoms with E-state index in [1.54, 1.807) is 0 Å². The molecule has 1 fully saturated rings. The maximum Gasteiger partial charge on any atom is 0.139 e. The van der Waals surface area contributed by atoms with Crippen molar-refractivity contribution in [1.29, 1.82) is 0 Å². The van der Waals surface area contributed by atoms with Crippen LogP contribution in [-0.2, 0) is 4.74 Å². The van der Waals surface area contributed by atoms with Crippen LogP contribution in [0.2, 0.25) is 0 Å². The van der Waals surface area contributed by atoms with Crippen LogP contribution in [0.25, 0.3) is 0 Å². The third-order valence-electron chi connectivity index (χ3n) is 2.41. The lowest BCUT2D eigenvalue weighted by Gasteiger charge is -2.21. The molecule has 14 heavy (non-hydrogen) atoms. The number of benzene rings is 1. The van der Waals surface area contributed by atoms with Crippen LogP contribution >= 0.6 is 0 Å². The van der Waals surface area contributed by atoms with E-state index in [1.807, 2.05) is 36.9 Å². The van der Waals surface area contributed by atoms with Crippen molar-refractivity contribution in [2.75, 3.05) is 13.2 Å². The Labute approximate surface area is 84.8 Å². The van der Waals surface area contributed by atoms with Crippen LogP contribution in [0.4, 0.5) is 0 Å². The molecule has 0 bridgehead atoms. The third kappa shape index (κ3) is 2.74. The zero-order valence-electron chi connectivity index (χ0n) is 8.19. The topological polar surface area (TPSA) is 18.5 Å². The van der Waals surface area contributed by atoms with Crippen LogP contribution in [0.15, 0.2) is 30.3 Å². The highest BCUT2D eigenvalue weighted by Crippen LogP contribution is 2.20. The van der Waals surface area contributed by atoms with E-state index in [9.17, 15) is 0 Å². The smallest absolute Gasteiger partial charge is 0.139 e. The standard InChI is InChI=1S/C12H15O2/c1-2-4-12(5-3-1)14-10-11-6-8-13-9-7-11/h1-5,10-11H,6-9H2. The molecule has 0 atom stereocenters. The Balaban J connectivity index is 1.76. The summed E-state index contributed by atoms with van der Waals surface area (Å²) in [6, 6.07) is 9.88. The van der Waals surface area contributed by atoms with E-state index >= 15 is 0 Å². The van der Waals surface area contributed by atoms with Crippen LogP contribution < -0.4 is 4.74 Å². The summed E-state index contributed by atoms with van der Waals surface area (Å²) in [5.41, 5.74) is 0. The second-order valence-electron chi connectivity index (χ2n) is 3.52. The molecule has 1 saturated heterocycles. The average molecular weight is 191 g/mol. The minimum Gasteiger partial charge on any atom is -0.486 e. The lowest BCUT2D eigenvalue weighted by atomic mass is 10.0. The Morgan fingerprint density at radius 1 is 1.14 bits per heavy atom. The molecule has 1 aliphatic heterocycles. The van der Waals surface area contributed by atoms with Crippen molar-refractivity contribution in [2.45, 2.75) is 12.8 Å². The molecule has 2 rings (SSSR count). The molecule has 1 radical (unpaired) electrons. The Kier molecular flexibility index (Phi) is 3.41. The number of rotatable bonds is 3. The molecule has 2 nitrogen and oxygen atoms in total. The van der Waals surface area contributed by atoms with Gasteiger partial charge in [0.25, 0.3) is 0 Å². The monoisotopic (exact) mass is 191 g/mol. The van der Waals surface area contributed by atoms with Crippen LogP contribution in [0, 0.1) is 12.5 Å². The van der Waals surface area contributed by atoms with Crippen LogP contribution in [0.3, 0.4) is 0 Å². The molecule has 1 aliphatic rings. The first kappa shape index (κ1) is 9.53. The molecule has 1 heterocycles. The second-order valence-corrected chi connectivity index (χ2v) is 3.52. The first-order valence-corrected chi connectivity index (χ1v) is 5.08. The summed E-state index contributed by atoms with van der Waals surface area (Å²) in [6.45, 7) is 3.66. The van der Waals surface area contributed by atoms with Gasteiger partial charge in [0.1, 0.15) is 12.4 Å². The molecule has 1 aromatic carbocycles. The highest BCUT2D eigenvalue weighted by molar-refractivity contribution is 5.21. The lowest BCUT2D eigenvalue weighted by molar-refractivity contribution is 0.0639. The first-order chi connectivity index (χ1) is 6.95. The van der Waals surface area contributed by atoms with Crippen molar-refractivity contribution in [1.82, 2.24) is 0 Å². The molecule has 0 aliphatic carbocycles. The number of hydrogen-bond donors (Lipinski definition) is 0. The van der Waals surface area contributed by atoms with Crippen LogP contribution in [0.5, 0.6) is 5.75 Å². The minimum atomic E-state index is 0.545. The second kappa shape index (κ2) is 5.01. The number of hydrogen-bond acceptors (Lipinski definition) is 2. The highest BCUT2D eigenvalue weighted by atomic mass is 16.5. The van der Waals surface area contributed by atoms with Crippen molar-refractivity contribution >= 4 is 0 Å². The van der Waals surface area contributed by atoms with Crippen molar-refractivity contribution in [3.05, 3.63) is 36.9 Å². The summed E-state index contributed by atoms with van der Waals surface area (Å²) in [5.74, 6) is 1.46. The van der Waals surface area contributed by atoms with Gasteiger partial charge in [0.15, 0.2) is 0 Å². The summed E-state index contributed by atoms with van der Waals surface area (Å²) >= 11 is 0. The van der Waals surface area contributed by atoms with Crippen molar-refractivity contribution < 1.29 is 9.47 Å². The maximum absolute atomic E-state index is 5.56. The van der Waals surface area contributed by atoms with E-state index in [-0.39, 0.29) is 0 Å². The van der Waals surface area contributed by atoms with E-state index in [1.165, 1.54) is 0 Å². The maximum atomic E-state index is 5.56. The van der Waals surface area contributed by atoms with Crippen molar-refractivity contribution in [3.63, 3.8) is 0 Å². The molecule has 0 aromatic heterocycles. The van der Waals surface area contributed by atoms with Gasteiger partial charge in [-0.3, -0.25) is 0 Å². The summed E-state index contributed by atoms with van der Waals surface area (Å²) in [7, 11) is 0. The fourth-order valence-electron chi connectivity index (χ4n) is 1.53. The van der Waals surface area contributed by atoms with Crippen molar-refractivity contribution in [2.24, 2.45) is 5.92 Å². The molecule has 0 unspecified atom stereocenters. The van der Waals surface area contributed by atoms with Gasteiger partial charge in [-0.2, -0.15) is 0 Å². The largest absolute Gasteiger partial charge is 0.486 e. The molecular formula is C12H15O2. The fourth-order valence-corrected chi connectivity index (χ4v) is 1.53. The molecule has 75 valence electrons. The van der Waals surface area contributed by atoms with E-state index < -0.39 is 0 Å². The molecule has 0 spiro atoms. The zero-order chi connectivity index (χ0) is 9.64. The third-order valence-corrected chi connectivity index (χ3v) is 2.41. The SMILES string of the molecule is [CH](Oc1ccccc1)C1CCOCC1. The predicted octanol–water partition coefficient (Wildman–Crippen LogP) is 2.65. The molecule has 0 saturated carbocycles. The Hall–Kier alpha value is -1.02. The Bertz CT molecular complexity index is 252. The number of para-hydroxylation sites is 1. The van der Waals surface area contributed by atoms with Crippen molar-refractivity contribution in [3.8, 4) is 5.75 Å². The van der Waals surface area contributed by atoms with Gasteiger partial charge in [-0.05, 0) is 25.0 Å². The molecule has 0 amide bonds. The normalized spacial score (nSPS) is 18.0. The first-order valence-electron chi connectivity index (χ1n) is 5.08. The van der Waals surface area contributed by atoms with Gasteiger partial charge in [-0.25, -0.2) is 0 Å². The fraction of sp³-hybridized carbons (Fsp3) is 0.417. The van der Waals surface area contributed by atoms with E-state index in [2.05, 4.69) is 0 Å². The molecule has 1 aromatic rings.